The lowest BCUT2D eigenvalue weighted by Crippen LogP contribution is -3.00. The lowest BCUT2D eigenvalue weighted by Gasteiger charge is -2.15. The quantitative estimate of drug-likeness (QED) is 0.0849. The molecule has 0 N–H and O–H groups in total. The van der Waals surface area contributed by atoms with E-state index in [1.807, 2.05) is 182 Å². The van der Waals surface area contributed by atoms with Crippen molar-refractivity contribution in [1.82, 2.24) is 18.9 Å². The number of aryl methyl sites for hydroxylation is 1. The lowest BCUT2D eigenvalue weighted by atomic mass is 10.2. The molecule has 6 aliphatic heterocycles. The Morgan fingerprint density at radius 2 is 0.916 bits per heavy atom. The first-order chi connectivity index (χ1) is 56.7. The number of thiazole rings is 4. The number of anilines is 4. The smallest absolute Gasteiger partial charge is 0.271 e. The summed E-state index contributed by atoms with van der Waals surface area (Å²) in [5.41, 5.74) is 8.59. The first-order valence-electron chi connectivity index (χ1n) is 37.2. The molecule has 0 unspecified atom stereocenters. The number of rotatable bonds is 12. The van der Waals surface area contributed by atoms with Crippen molar-refractivity contribution in [2.75, 3.05) is 60.9 Å². The number of amidine groups is 2. The Hall–Kier alpha value is -8.92. The van der Waals surface area contributed by atoms with Crippen molar-refractivity contribution < 1.29 is 56.7 Å². The molecule has 10 heterocycles. The van der Waals surface area contributed by atoms with Crippen LogP contribution in [0.4, 0.5) is 47.3 Å². The highest BCUT2D eigenvalue weighted by Gasteiger charge is 2.41. The van der Waals surface area contributed by atoms with Crippen LogP contribution in [0.2, 0.25) is 5.02 Å². The summed E-state index contributed by atoms with van der Waals surface area (Å²) in [6.45, 7) is 13.5. The number of hydrogen-bond acceptors (Lipinski definition) is 20. The molecule has 119 heavy (non-hydrogen) atoms. The van der Waals surface area contributed by atoms with E-state index < -0.39 is 0 Å². The summed E-state index contributed by atoms with van der Waals surface area (Å²) in [6.07, 6.45) is 8.24. The van der Waals surface area contributed by atoms with Gasteiger partial charge in [0, 0.05) is 79.6 Å². The summed E-state index contributed by atoms with van der Waals surface area (Å²) in [7, 11) is 7.74. The Kier molecular flexibility index (Phi) is 28.7. The van der Waals surface area contributed by atoms with Gasteiger partial charge >= 0.3 is 0 Å². The number of amides is 2. The van der Waals surface area contributed by atoms with Crippen LogP contribution in [0.3, 0.4) is 0 Å². The summed E-state index contributed by atoms with van der Waals surface area (Å²) in [5.74, 6) is -0.918. The maximum atomic E-state index is 14.2. The molecule has 32 heteroatoms. The van der Waals surface area contributed by atoms with Crippen molar-refractivity contribution in [3.8, 4) is 0 Å². The normalized spacial score (nSPS) is 17.6. The second kappa shape index (κ2) is 38.9. The molecule has 2 fully saturated rings. The lowest BCUT2D eigenvalue weighted by molar-refractivity contribution is -0.685. The van der Waals surface area contributed by atoms with Gasteiger partial charge in [0.1, 0.15) is 55.7 Å². The zero-order valence-electron chi connectivity index (χ0n) is 65.5. The third kappa shape index (κ3) is 18.6. The van der Waals surface area contributed by atoms with E-state index in [-0.39, 0.29) is 65.2 Å². The number of carbonyl (C=O) groups excluding carboxylic acids is 2. The van der Waals surface area contributed by atoms with Gasteiger partial charge in [-0.15, -0.1) is 22.7 Å². The molecule has 2 amide bonds. The molecule has 0 atom stereocenters. The van der Waals surface area contributed by atoms with Crippen molar-refractivity contribution in [1.29, 1.82) is 0 Å². The van der Waals surface area contributed by atoms with Gasteiger partial charge in [-0.2, -0.15) is 9.13 Å². The van der Waals surface area contributed by atoms with Gasteiger partial charge in [0.15, 0.2) is 35.8 Å². The second-order valence-electron chi connectivity index (χ2n) is 26.8. The van der Waals surface area contributed by atoms with Crippen LogP contribution < -0.4 is 83.1 Å². The van der Waals surface area contributed by atoms with Gasteiger partial charge in [-0.1, -0.05) is 172 Å². The second-order valence-corrected chi connectivity index (χ2v) is 37.2. The van der Waals surface area contributed by atoms with Gasteiger partial charge in [0.25, 0.3) is 32.9 Å². The van der Waals surface area contributed by atoms with Crippen molar-refractivity contribution in [2.45, 2.75) is 80.4 Å². The minimum Gasteiger partial charge on any atom is -1.00 e. The molecular formula is C87H76Cl3F3N12O4S10. The molecule has 0 radical (unpaired) electrons. The number of halogens is 6. The molecule has 0 spiro atoms. The summed E-state index contributed by atoms with van der Waals surface area (Å²) in [5, 5.41) is 11.7. The zero-order valence-corrected chi connectivity index (χ0v) is 75.9. The minimum atomic E-state index is -0.283. The van der Waals surface area contributed by atoms with E-state index in [1.54, 1.807) is 96.2 Å². The van der Waals surface area contributed by atoms with E-state index in [2.05, 4.69) is 98.4 Å². The van der Waals surface area contributed by atoms with Crippen LogP contribution in [0.1, 0.15) is 54.4 Å². The fourth-order valence-corrected chi connectivity index (χ4v) is 25.1. The monoisotopic (exact) mass is 1830 g/mol. The highest BCUT2D eigenvalue weighted by molar-refractivity contribution is 8.19. The van der Waals surface area contributed by atoms with Gasteiger partial charge in [0.2, 0.25) is 0 Å². The number of aromatic nitrogens is 4. The third-order valence-corrected chi connectivity index (χ3v) is 31.1. The first-order valence-corrected chi connectivity index (χ1v) is 45.9. The molecule has 2 saturated heterocycles. The van der Waals surface area contributed by atoms with Gasteiger partial charge < -0.3 is 44.4 Å². The van der Waals surface area contributed by atoms with Crippen molar-refractivity contribution in [3.63, 3.8) is 0 Å². The molecular weight excluding hydrogens is 1760 g/mol. The van der Waals surface area contributed by atoms with Gasteiger partial charge in [0.05, 0.1) is 77.6 Å². The summed E-state index contributed by atoms with van der Waals surface area (Å²) in [4.78, 5) is 78.1. The SMILES string of the molecule is CCN1C(=O)/C(=C2\Sc3c(F)cccc3N2C)SC1=Nc1ccccc1.CCN1C(=O)/C(=C2\Sc3ccc(F)cc3N2C)SC1=Nc1ccccc1.CCn1c(=O)/c(=C2\Sc3cc(C)ccc3N2C)s/c1=C\c1scc[n+]1Cc1ccccc1.CCn1c(=O)/c(=C2\Sc3cc(Cl)ccc3N2C)s/c1=C\c1scc[n+]1Cc1ccccc1F.[Cl-].[Cl-]. The Morgan fingerprint density at radius 1 is 0.445 bits per heavy atom. The number of benzene rings is 8. The van der Waals surface area contributed by atoms with Crippen LogP contribution in [-0.2, 0) is 35.8 Å². The Labute approximate surface area is 745 Å². The number of likely N-dealkylation sites (N-methyl/N-ethyl adjacent to an activating group) is 2. The van der Waals surface area contributed by atoms with Gasteiger partial charge in [-0.25, -0.2) is 23.2 Å². The number of thioether (sulfide) groups is 6. The maximum Gasteiger partial charge on any atom is 0.271 e. The third-order valence-electron chi connectivity index (χ3n) is 19.4. The average Bonchev–Trinajstić information content (AvgIpc) is 1.68. The Balaban J connectivity index is 0.000000137. The van der Waals surface area contributed by atoms with Crippen LogP contribution in [0.5, 0.6) is 0 Å². The van der Waals surface area contributed by atoms with Crippen LogP contribution >= 0.6 is 128 Å². The summed E-state index contributed by atoms with van der Waals surface area (Å²) < 4.78 is 53.2. The van der Waals surface area contributed by atoms with E-state index in [9.17, 15) is 32.3 Å². The molecule has 0 bridgehead atoms. The number of para-hydroxylation sites is 2. The topological polar surface area (TPSA) is 130 Å². The first kappa shape index (κ1) is 87.9. The summed E-state index contributed by atoms with van der Waals surface area (Å²) in [6, 6.07) is 58.3. The fraction of sp³-hybridized carbons (Fsp3) is 0.172. The largest absolute Gasteiger partial charge is 1.00 e. The van der Waals surface area contributed by atoms with Crippen molar-refractivity contribution in [2.24, 2.45) is 9.98 Å². The van der Waals surface area contributed by atoms with E-state index >= 15 is 0 Å². The fourth-order valence-electron chi connectivity index (χ4n) is 13.3. The van der Waals surface area contributed by atoms with Crippen LogP contribution in [0.15, 0.2) is 270 Å². The predicted molar refractivity (Wildman–Crippen MR) is 485 cm³/mol. The van der Waals surface area contributed by atoms with E-state index in [4.69, 9.17) is 11.6 Å². The van der Waals surface area contributed by atoms with Crippen LogP contribution in [0, 0.1) is 24.4 Å². The van der Waals surface area contributed by atoms with Crippen molar-refractivity contribution in [3.05, 3.63) is 319 Å². The van der Waals surface area contributed by atoms with Crippen LogP contribution in [0.25, 0.3) is 22.2 Å². The molecule has 4 aromatic heterocycles. The molecule has 12 aromatic rings. The number of fused-ring (bicyclic) bond motifs is 4. The number of carbonyl (C=O) groups is 2. The van der Waals surface area contributed by atoms with E-state index in [0.29, 0.717) is 72.9 Å². The predicted octanol–water partition coefficient (Wildman–Crippen LogP) is 11.7. The standard InChI is InChI=1S/C25H24N3OS3.C24H20ClFN3OS3.2C19H16FN3OS2.2ClH/c1-4-28-22(15-21-27(12-13-30-21)16-18-8-6-5-7-9-18)32-23(24(28)29)25-26(3)19-11-10-17(2)14-20(19)31-25;1-3-29-21(13-20-28(10-11-31-20)14-15-6-4-5-7-17(15)26)33-22(23(29)30)24-27(2)18-9-8-16(25)12-19(18)32-24;1-3-23-17(24)16(26-19(23)21-12-8-5-4-6-9-12)18-22(2)14-11-7-10-13(20)15(14)25-18;1-3-23-17(24)16(26-19(23)21-13-7-5-4-6-8-13)18-22(2)14-11-12(20)9-10-15(14)25-18;;/h5-15H,4,16H2,1-3H3;4-13H,3,14H2,1-2H3;2*4-11H,3H2,1-2H3;2*1H/q2*+1;;;;/p-2/b25-23+;24-22+;2*18-16+,21-19?;;. The molecule has 610 valence electrons. The number of nitrogens with zero attached hydrogens (tertiary/aromatic N) is 12. The minimum absolute atomic E-state index is 0. The molecule has 16 nitrogen and oxygen atoms in total. The van der Waals surface area contributed by atoms with Gasteiger partial charge in [-0.3, -0.25) is 38.1 Å². The average molecular weight is 1840 g/mol. The highest BCUT2D eigenvalue weighted by Crippen LogP contribution is 2.53. The number of aliphatic imine (C=N–C) groups is 2. The summed E-state index contributed by atoms with van der Waals surface area (Å²) >= 11 is 21.3. The van der Waals surface area contributed by atoms with E-state index in [1.165, 1.54) is 98.7 Å². The molecule has 0 aliphatic carbocycles. The maximum absolute atomic E-state index is 14.2. The van der Waals surface area contributed by atoms with Crippen molar-refractivity contribution >= 4 is 206 Å². The number of hydrogen-bond donors (Lipinski definition) is 0. The Bertz CT molecular complexity index is 6420. The molecule has 0 saturated carbocycles. The highest BCUT2D eigenvalue weighted by atomic mass is 35.5. The van der Waals surface area contributed by atoms with Crippen LogP contribution in [-0.4, -0.2) is 82.4 Å². The molecule has 8 aromatic carbocycles. The Morgan fingerprint density at radius 3 is 1.45 bits per heavy atom. The van der Waals surface area contributed by atoms with E-state index in [0.717, 1.165) is 94.4 Å². The van der Waals surface area contributed by atoms with Gasteiger partial charge in [-0.05, 0) is 161 Å². The zero-order chi connectivity index (χ0) is 81.9. The molecule has 6 aliphatic rings. The molecule has 18 rings (SSSR count).